The first kappa shape index (κ1) is 11.7. The first-order valence-electron chi connectivity index (χ1n) is 6.27. The van der Waals surface area contributed by atoms with E-state index in [-0.39, 0.29) is 12.1 Å². The average molecular weight is 243 g/mol. The monoisotopic (exact) mass is 243 g/mol. The van der Waals surface area contributed by atoms with Gasteiger partial charge in [0, 0.05) is 0 Å². The largest absolute Gasteiger partial charge is 0.376 e. The van der Waals surface area contributed by atoms with E-state index in [1.807, 2.05) is 18.2 Å². The van der Waals surface area contributed by atoms with Crippen molar-refractivity contribution in [3.63, 3.8) is 0 Å². The zero-order valence-electron chi connectivity index (χ0n) is 10.2. The van der Waals surface area contributed by atoms with Gasteiger partial charge in [0.2, 0.25) is 0 Å². The normalized spacial score (nSPS) is 17.6. The van der Waals surface area contributed by atoms with Crippen LogP contribution in [0.5, 0.6) is 0 Å². The lowest BCUT2D eigenvalue weighted by Gasteiger charge is -2.27. The van der Waals surface area contributed by atoms with Crippen molar-refractivity contribution in [2.24, 2.45) is 5.73 Å². The average Bonchev–Trinajstić information content (AvgIpc) is 2.36. The van der Waals surface area contributed by atoms with Crippen LogP contribution in [-0.4, -0.2) is 25.9 Å². The molecule has 1 atom stereocenters. The fourth-order valence-corrected chi connectivity index (χ4v) is 2.21. The number of hydrogen-bond acceptors (Lipinski definition) is 3. The van der Waals surface area contributed by atoms with Crippen LogP contribution in [0.25, 0.3) is 10.8 Å². The lowest BCUT2D eigenvalue weighted by molar-refractivity contribution is -0.131. The fourth-order valence-electron chi connectivity index (χ4n) is 2.21. The fraction of sp³-hybridized carbons (Fsp3) is 0.333. The van der Waals surface area contributed by atoms with E-state index in [0.29, 0.717) is 19.8 Å². The topological polar surface area (TPSA) is 44.5 Å². The Balaban J connectivity index is 1.79. The molecule has 3 heteroatoms. The number of rotatable bonds is 4. The van der Waals surface area contributed by atoms with Crippen molar-refractivity contribution in [2.45, 2.75) is 12.1 Å². The van der Waals surface area contributed by atoms with Crippen LogP contribution < -0.4 is 5.73 Å². The molecule has 0 amide bonds. The molecule has 3 rings (SSSR count). The quantitative estimate of drug-likeness (QED) is 0.895. The van der Waals surface area contributed by atoms with Gasteiger partial charge in [-0.1, -0.05) is 42.5 Å². The number of ether oxygens (including phenoxy) is 2. The van der Waals surface area contributed by atoms with E-state index in [9.17, 15) is 0 Å². The minimum Gasteiger partial charge on any atom is -0.376 e. The van der Waals surface area contributed by atoms with Crippen LogP contribution in [-0.2, 0) is 9.47 Å². The van der Waals surface area contributed by atoms with Gasteiger partial charge in [0.15, 0.2) is 0 Å². The number of fused-ring (bicyclic) bond motifs is 1. The van der Waals surface area contributed by atoms with Gasteiger partial charge in [0.25, 0.3) is 0 Å². The van der Waals surface area contributed by atoms with Crippen molar-refractivity contribution >= 4 is 10.8 Å². The SMILES string of the molecule is NC(COC1COC1)c1cccc2ccccc12. The summed E-state index contributed by atoms with van der Waals surface area (Å²) in [5.41, 5.74) is 7.37. The molecule has 1 fully saturated rings. The van der Waals surface area contributed by atoms with E-state index >= 15 is 0 Å². The Bertz CT molecular complexity index is 532. The Hall–Kier alpha value is -1.42. The highest BCUT2D eigenvalue weighted by molar-refractivity contribution is 5.86. The van der Waals surface area contributed by atoms with Gasteiger partial charge in [-0.2, -0.15) is 0 Å². The van der Waals surface area contributed by atoms with Gasteiger partial charge >= 0.3 is 0 Å². The number of hydrogen-bond donors (Lipinski definition) is 1. The first-order valence-corrected chi connectivity index (χ1v) is 6.27. The first-order chi connectivity index (χ1) is 8.84. The molecule has 2 aromatic rings. The molecule has 18 heavy (non-hydrogen) atoms. The Labute approximate surface area is 106 Å². The molecule has 0 saturated carbocycles. The van der Waals surface area contributed by atoms with Crippen LogP contribution in [0.15, 0.2) is 42.5 Å². The van der Waals surface area contributed by atoms with Crippen molar-refractivity contribution in [3.05, 3.63) is 48.0 Å². The smallest absolute Gasteiger partial charge is 0.104 e. The zero-order chi connectivity index (χ0) is 12.4. The predicted molar refractivity (Wildman–Crippen MR) is 71.4 cm³/mol. The molecule has 1 aliphatic rings. The Morgan fingerprint density at radius 3 is 2.72 bits per heavy atom. The lowest BCUT2D eigenvalue weighted by atomic mass is 10.00. The minimum absolute atomic E-state index is 0.0864. The maximum atomic E-state index is 6.22. The maximum absolute atomic E-state index is 6.22. The summed E-state index contributed by atoms with van der Waals surface area (Å²) < 4.78 is 10.8. The highest BCUT2D eigenvalue weighted by Crippen LogP contribution is 2.23. The second-order valence-electron chi connectivity index (χ2n) is 4.67. The summed E-state index contributed by atoms with van der Waals surface area (Å²) in [4.78, 5) is 0. The summed E-state index contributed by atoms with van der Waals surface area (Å²) >= 11 is 0. The third-order valence-corrected chi connectivity index (χ3v) is 3.34. The summed E-state index contributed by atoms with van der Waals surface area (Å²) in [6.45, 7) is 1.94. The highest BCUT2D eigenvalue weighted by Gasteiger charge is 2.20. The van der Waals surface area contributed by atoms with Gasteiger partial charge in [-0.15, -0.1) is 0 Å². The van der Waals surface area contributed by atoms with E-state index in [1.54, 1.807) is 0 Å². The highest BCUT2D eigenvalue weighted by atomic mass is 16.6. The lowest BCUT2D eigenvalue weighted by Crippen LogP contribution is -2.37. The molecular weight excluding hydrogens is 226 g/mol. The van der Waals surface area contributed by atoms with Crippen LogP contribution in [0.1, 0.15) is 11.6 Å². The van der Waals surface area contributed by atoms with Crippen LogP contribution in [0.3, 0.4) is 0 Å². The Morgan fingerprint density at radius 1 is 1.17 bits per heavy atom. The van der Waals surface area contributed by atoms with Gasteiger partial charge in [0.05, 0.1) is 25.9 Å². The van der Waals surface area contributed by atoms with Crippen LogP contribution in [0, 0.1) is 0 Å². The number of nitrogens with two attached hydrogens (primary N) is 1. The van der Waals surface area contributed by atoms with Gasteiger partial charge in [-0.05, 0) is 16.3 Å². The van der Waals surface area contributed by atoms with Crippen LogP contribution >= 0.6 is 0 Å². The third-order valence-electron chi connectivity index (χ3n) is 3.34. The van der Waals surface area contributed by atoms with Crippen molar-refractivity contribution < 1.29 is 9.47 Å². The van der Waals surface area contributed by atoms with Crippen LogP contribution in [0.4, 0.5) is 0 Å². The van der Waals surface area contributed by atoms with Gasteiger partial charge in [-0.3, -0.25) is 0 Å². The molecule has 0 spiro atoms. The molecular formula is C15H17NO2. The van der Waals surface area contributed by atoms with Crippen molar-refractivity contribution in [3.8, 4) is 0 Å². The van der Waals surface area contributed by atoms with Crippen molar-refractivity contribution in [2.75, 3.05) is 19.8 Å². The number of benzene rings is 2. The predicted octanol–water partition coefficient (Wildman–Crippen LogP) is 2.25. The second kappa shape index (κ2) is 5.06. The van der Waals surface area contributed by atoms with Gasteiger partial charge < -0.3 is 15.2 Å². The van der Waals surface area contributed by atoms with Crippen molar-refractivity contribution in [1.82, 2.24) is 0 Å². The van der Waals surface area contributed by atoms with E-state index in [0.717, 1.165) is 5.56 Å². The van der Waals surface area contributed by atoms with Gasteiger partial charge in [-0.25, -0.2) is 0 Å². The Morgan fingerprint density at radius 2 is 1.94 bits per heavy atom. The Kier molecular flexibility index (Phi) is 3.28. The summed E-state index contributed by atoms with van der Waals surface area (Å²) in [5, 5.41) is 2.43. The summed E-state index contributed by atoms with van der Waals surface area (Å²) in [6.07, 6.45) is 0.228. The molecule has 2 aromatic carbocycles. The minimum atomic E-state index is -0.0864. The van der Waals surface area contributed by atoms with E-state index < -0.39 is 0 Å². The molecule has 2 N–H and O–H groups in total. The molecule has 0 bridgehead atoms. The molecule has 1 heterocycles. The van der Waals surface area contributed by atoms with Crippen molar-refractivity contribution in [1.29, 1.82) is 0 Å². The van der Waals surface area contributed by atoms with E-state index in [4.69, 9.17) is 15.2 Å². The molecule has 0 aromatic heterocycles. The third kappa shape index (κ3) is 2.25. The molecule has 0 radical (unpaired) electrons. The molecule has 3 nitrogen and oxygen atoms in total. The molecule has 1 saturated heterocycles. The zero-order valence-corrected chi connectivity index (χ0v) is 10.2. The summed E-state index contributed by atoms with van der Waals surface area (Å²) in [7, 11) is 0. The van der Waals surface area contributed by atoms with E-state index in [1.165, 1.54) is 10.8 Å². The standard InChI is InChI=1S/C15H17NO2/c16-15(10-18-12-8-17-9-12)14-7-3-5-11-4-1-2-6-13(11)14/h1-7,12,15H,8-10,16H2. The molecule has 1 aliphatic heterocycles. The molecule has 94 valence electrons. The van der Waals surface area contributed by atoms with Gasteiger partial charge in [0.1, 0.15) is 6.10 Å². The van der Waals surface area contributed by atoms with E-state index in [2.05, 4.69) is 24.3 Å². The maximum Gasteiger partial charge on any atom is 0.104 e. The van der Waals surface area contributed by atoms with Crippen LogP contribution in [0.2, 0.25) is 0 Å². The molecule has 1 unspecified atom stereocenters. The summed E-state index contributed by atoms with van der Waals surface area (Å²) in [5.74, 6) is 0. The second-order valence-corrected chi connectivity index (χ2v) is 4.67. The summed E-state index contributed by atoms with van der Waals surface area (Å²) in [6, 6.07) is 14.4. The molecule has 0 aliphatic carbocycles.